The van der Waals surface area contributed by atoms with Crippen LogP contribution >= 0.6 is 0 Å². The van der Waals surface area contributed by atoms with E-state index in [9.17, 15) is 14.7 Å². The average Bonchev–Trinajstić information content (AvgIpc) is 3.64. The summed E-state index contributed by atoms with van der Waals surface area (Å²) < 4.78 is 19.8. The number of aryl methyl sites for hydroxylation is 1. The SMILES string of the molecule is C=C(O)CC(c1ccc2c(c1)CCO2)N(Cc1ccc(OCCn2c(=O)ccn(C)c2=O)c(OC)c1)CC1CC1. The normalized spacial score (nSPS) is 15.0. The van der Waals surface area contributed by atoms with Crippen molar-refractivity contribution >= 4 is 0 Å². The lowest BCUT2D eigenvalue weighted by atomic mass is 9.97. The largest absolute Gasteiger partial charge is 0.513 e. The molecule has 3 aromatic rings. The van der Waals surface area contributed by atoms with E-state index in [1.54, 1.807) is 14.2 Å². The van der Waals surface area contributed by atoms with Gasteiger partial charge < -0.3 is 23.9 Å². The third kappa shape index (κ3) is 6.42. The maximum absolute atomic E-state index is 12.3. The minimum atomic E-state index is -0.384. The van der Waals surface area contributed by atoms with Gasteiger partial charge in [0.2, 0.25) is 0 Å². The molecular formula is C31H37N3O6. The summed E-state index contributed by atoms with van der Waals surface area (Å²) in [4.78, 5) is 26.8. The van der Waals surface area contributed by atoms with Crippen molar-refractivity contribution < 1.29 is 19.3 Å². The zero-order chi connectivity index (χ0) is 28.2. The van der Waals surface area contributed by atoms with Crippen LogP contribution in [-0.4, -0.2) is 46.0 Å². The molecule has 1 N–H and O–H groups in total. The molecule has 1 aliphatic heterocycles. The number of aliphatic hydroxyl groups excluding tert-OH is 1. The molecule has 0 radical (unpaired) electrons. The molecule has 1 fully saturated rings. The fourth-order valence-corrected chi connectivity index (χ4v) is 5.26. The Morgan fingerprint density at radius 1 is 1.18 bits per heavy atom. The summed E-state index contributed by atoms with van der Waals surface area (Å²) in [6.07, 6.45) is 5.22. The van der Waals surface area contributed by atoms with Crippen LogP contribution in [0.1, 0.15) is 42.0 Å². The highest BCUT2D eigenvalue weighted by Crippen LogP contribution is 2.38. The number of hydrogen-bond donors (Lipinski definition) is 1. The molecule has 1 atom stereocenters. The van der Waals surface area contributed by atoms with Gasteiger partial charge in [-0.15, -0.1) is 0 Å². The van der Waals surface area contributed by atoms with E-state index in [1.807, 2.05) is 24.3 Å². The van der Waals surface area contributed by atoms with Crippen LogP contribution in [-0.2, 0) is 26.6 Å². The molecule has 1 unspecified atom stereocenters. The van der Waals surface area contributed by atoms with Crippen molar-refractivity contribution in [2.75, 3.05) is 26.9 Å². The van der Waals surface area contributed by atoms with Gasteiger partial charge >= 0.3 is 5.69 Å². The minimum absolute atomic E-state index is 0.0299. The van der Waals surface area contributed by atoms with E-state index in [2.05, 4.69) is 23.6 Å². The van der Waals surface area contributed by atoms with Crippen molar-refractivity contribution in [3.63, 3.8) is 0 Å². The second-order valence-electron chi connectivity index (χ2n) is 10.7. The average molecular weight is 548 g/mol. The van der Waals surface area contributed by atoms with Gasteiger partial charge in [0, 0.05) is 51.3 Å². The molecule has 0 spiro atoms. The Morgan fingerprint density at radius 3 is 2.75 bits per heavy atom. The Balaban J connectivity index is 1.34. The predicted molar refractivity (Wildman–Crippen MR) is 152 cm³/mol. The Bertz CT molecular complexity index is 1490. The van der Waals surface area contributed by atoms with Crippen molar-refractivity contribution in [3.05, 3.63) is 98.5 Å². The fourth-order valence-electron chi connectivity index (χ4n) is 5.26. The molecule has 1 aromatic heterocycles. The van der Waals surface area contributed by atoms with Gasteiger partial charge in [-0.1, -0.05) is 24.8 Å². The van der Waals surface area contributed by atoms with E-state index in [4.69, 9.17) is 14.2 Å². The third-order valence-corrected chi connectivity index (χ3v) is 7.58. The lowest BCUT2D eigenvalue weighted by molar-refractivity contribution is 0.165. The predicted octanol–water partition coefficient (Wildman–Crippen LogP) is 3.98. The van der Waals surface area contributed by atoms with Gasteiger partial charge in [-0.25, -0.2) is 4.79 Å². The number of methoxy groups -OCH3 is 1. The van der Waals surface area contributed by atoms with E-state index in [0.717, 1.165) is 34.4 Å². The summed E-state index contributed by atoms with van der Waals surface area (Å²) in [5.74, 6) is 2.87. The van der Waals surface area contributed by atoms with Crippen molar-refractivity contribution in [3.8, 4) is 17.2 Å². The van der Waals surface area contributed by atoms with Crippen LogP contribution in [0.2, 0.25) is 0 Å². The highest BCUT2D eigenvalue weighted by Gasteiger charge is 2.30. The third-order valence-electron chi connectivity index (χ3n) is 7.58. The Labute approximate surface area is 233 Å². The van der Waals surface area contributed by atoms with Crippen molar-refractivity contribution in [1.29, 1.82) is 0 Å². The van der Waals surface area contributed by atoms with Gasteiger partial charge in [0.25, 0.3) is 5.56 Å². The molecule has 0 amide bonds. The number of nitrogens with zero attached hydrogens (tertiary/aromatic N) is 3. The number of rotatable bonds is 13. The monoisotopic (exact) mass is 547 g/mol. The summed E-state index contributed by atoms with van der Waals surface area (Å²) >= 11 is 0. The van der Waals surface area contributed by atoms with E-state index < -0.39 is 0 Å². The van der Waals surface area contributed by atoms with E-state index in [-0.39, 0.29) is 36.2 Å². The molecule has 0 saturated heterocycles. The number of fused-ring (bicyclic) bond motifs is 1. The lowest BCUT2D eigenvalue weighted by Crippen LogP contribution is -2.39. The molecule has 2 aromatic carbocycles. The van der Waals surface area contributed by atoms with Crippen LogP contribution in [0.3, 0.4) is 0 Å². The number of aromatic nitrogens is 2. The van der Waals surface area contributed by atoms with Crippen molar-refractivity contribution in [2.45, 2.75) is 44.8 Å². The zero-order valence-corrected chi connectivity index (χ0v) is 23.2. The van der Waals surface area contributed by atoms with Gasteiger partial charge in [0.1, 0.15) is 12.4 Å². The smallest absolute Gasteiger partial charge is 0.330 e. The maximum Gasteiger partial charge on any atom is 0.330 e. The summed E-state index contributed by atoms with van der Waals surface area (Å²) in [5, 5.41) is 10.3. The van der Waals surface area contributed by atoms with E-state index >= 15 is 0 Å². The van der Waals surface area contributed by atoms with Gasteiger partial charge in [-0.05, 0) is 53.6 Å². The second-order valence-corrected chi connectivity index (χ2v) is 10.7. The summed E-state index contributed by atoms with van der Waals surface area (Å²) in [6.45, 7) is 6.37. The van der Waals surface area contributed by atoms with Crippen LogP contribution in [0, 0.1) is 5.92 Å². The van der Waals surface area contributed by atoms with Crippen molar-refractivity contribution in [2.24, 2.45) is 13.0 Å². The first kappa shape index (κ1) is 27.6. The number of benzene rings is 2. The highest BCUT2D eigenvalue weighted by molar-refractivity contribution is 5.43. The molecule has 1 aliphatic carbocycles. The molecule has 212 valence electrons. The molecule has 0 bridgehead atoms. The maximum atomic E-state index is 12.3. The molecule has 2 aliphatic rings. The van der Waals surface area contributed by atoms with Gasteiger partial charge in [-0.2, -0.15) is 0 Å². The van der Waals surface area contributed by atoms with Crippen LogP contribution in [0.25, 0.3) is 0 Å². The van der Waals surface area contributed by atoms with Gasteiger partial charge in [0.15, 0.2) is 11.5 Å². The van der Waals surface area contributed by atoms with E-state index in [1.165, 1.54) is 35.2 Å². The fraction of sp³-hybridized carbons (Fsp3) is 0.419. The van der Waals surface area contributed by atoms with Crippen molar-refractivity contribution in [1.82, 2.24) is 14.0 Å². The second kappa shape index (κ2) is 12.0. The zero-order valence-electron chi connectivity index (χ0n) is 23.2. The quantitative estimate of drug-likeness (QED) is 0.324. The number of aliphatic hydroxyl groups is 1. The van der Waals surface area contributed by atoms with Gasteiger partial charge in [0.05, 0.1) is 26.0 Å². The van der Waals surface area contributed by atoms with Crippen LogP contribution in [0.5, 0.6) is 17.2 Å². The lowest BCUT2D eigenvalue weighted by Gasteiger charge is -2.32. The van der Waals surface area contributed by atoms with Crippen LogP contribution in [0.15, 0.2) is 70.6 Å². The van der Waals surface area contributed by atoms with Gasteiger partial charge in [-0.3, -0.25) is 14.3 Å². The topological polar surface area (TPSA) is 95.2 Å². The summed E-state index contributed by atoms with van der Waals surface area (Å²) in [7, 11) is 3.20. The van der Waals surface area contributed by atoms with Crippen LogP contribution in [0.4, 0.5) is 0 Å². The molecule has 9 nitrogen and oxygen atoms in total. The molecule has 5 rings (SSSR count). The molecular weight excluding hydrogens is 510 g/mol. The Hall–Kier alpha value is -3.98. The highest BCUT2D eigenvalue weighted by atomic mass is 16.5. The van der Waals surface area contributed by atoms with Crippen LogP contribution < -0.4 is 25.5 Å². The molecule has 2 heterocycles. The summed E-state index contributed by atoms with van der Waals surface area (Å²) in [5.41, 5.74) is 2.66. The first-order chi connectivity index (χ1) is 19.3. The number of ether oxygens (including phenoxy) is 3. The number of hydrogen-bond acceptors (Lipinski definition) is 7. The standard InChI is InChI=1S/C31H37N3O6/c1-21(35)16-26(24-7-9-27-25(18-24)11-14-39-27)33(19-22-4-5-22)20-23-6-8-28(29(17-23)38-3)40-15-13-34-30(36)10-12-32(2)31(34)37/h6-10,12,17-18,22,26,35H,1,4-5,11,13-16,19-20H2,2-3H3. The molecule has 40 heavy (non-hydrogen) atoms. The first-order valence-corrected chi connectivity index (χ1v) is 13.7. The molecule has 9 heteroatoms. The summed E-state index contributed by atoms with van der Waals surface area (Å²) in [6, 6.07) is 13.5. The first-order valence-electron chi connectivity index (χ1n) is 13.7. The van der Waals surface area contributed by atoms with E-state index in [0.29, 0.717) is 37.0 Å². The minimum Gasteiger partial charge on any atom is -0.513 e. The molecule has 1 saturated carbocycles. The Kier molecular flexibility index (Phi) is 8.30. The Morgan fingerprint density at radius 2 is 2.00 bits per heavy atom.